The summed E-state index contributed by atoms with van der Waals surface area (Å²) in [5.74, 6) is 0.647. The van der Waals surface area contributed by atoms with Gasteiger partial charge in [0.05, 0.1) is 26.9 Å². The Morgan fingerprint density at radius 3 is 2.12 bits per heavy atom. The van der Waals surface area contributed by atoms with Gasteiger partial charge in [0.15, 0.2) is 5.13 Å². The SMILES string of the molecule is COC(=O)c1ccc(C(=O)N(CCCN(C)C)c2nc3c(OC)ccc(OC)c3s2)cc1. The van der Waals surface area contributed by atoms with Crippen molar-refractivity contribution in [2.24, 2.45) is 0 Å². The fourth-order valence-corrected chi connectivity index (χ4v) is 4.34. The monoisotopic (exact) mass is 457 g/mol. The van der Waals surface area contributed by atoms with Gasteiger partial charge in [-0.3, -0.25) is 9.69 Å². The molecule has 1 aromatic heterocycles. The first kappa shape index (κ1) is 23.5. The van der Waals surface area contributed by atoms with Crippen molar-refractivity contribution in [1.82, 2.24) is 9.88 Å². The van der Waals surface area contributed by atoms with Crippen molar-refractivity contribution in [2.45, 2.75) is 6.42 Å². The van der Waals surface area contributed by atoms with Crippen molar-refractivity contribution in [3.8, 4) is 11.5 Å². The van der Waals surface area contributed by atoms with Crippen LogP contribution in [-0.2, 0) is 4.74 Å². The number of rotatable bonds is 9. The Labute approximate surface area is 191 Å². The van der Waals surface area contributed by atoms with E-state index in [1.807, 2.05) is 20.2 Å². The normalized spacial score (nSPS) is 10.9. The van der Waals surface area contributed by atoms with E-state index in [-0.39, 0.29) is 5.91 Å². The minimum atomic E-state index is -0.447. The predicted molar refractivity (Wildman–Crippen MR) is 125 cm³/mol. The van der Waals surface area contributed by atoms with E-state index < -0.39 is 5.97 Å². The minimum Gasteiger partial charge on any atom is -0.495 e. The standard InChI is InChI=1S/C23H27N3O5S/c1-25(2)13-6-14-26(21(27)15-7-9-16(10-8-15)22(28)31-5)23-24-19-17(29-3)11-12-18(30-4)20(19)32-23/h7-12H,6,13-14H2,1-5H3. The lowest BCUT2D eigenvalue weighted by molar-refractivity contribution is 0.0600. The predicted octanol–water partition coefficient (Wildman–Crippen LogP) is 3.70. The number of aromatic nitrogens is 1. The van der Waals surface area contributed by atoms with Gasteiger partial charge >= 0.3 is 5.97 Å². The summed E-state index contributed by atoms with van der Waals surface area (Å²) < 4.78 is 16.5. The summed E-state index contributed by atoms with van der Waals surface area (Å²) in [6.45, 7) is 1.31. The molecule has 0 N–H and O–H groups in total. The number of ether oxygens (including phenoxy) is 3. The highest BCUT2D eigenvalue weighted by Crippen LogP contribution is 2.40. The Morgan fingerprint density at radius 1 is 0.906 bits per heavy atom. The van der Waals surface area contributed by atoms with E-state index in [1.54, 1.807) is 49.5 Å². The molecule has 3 aromatic rings. The number of esters is 1. The number of methoxy groups -OCH3 is 3. The number of thiazole rings is 1. The lowest BCUT2D eigenvalue weighted by atomic mass is 10.1. The molecule has 1 heterocycles. The van der Waals surface area contributed by atoms with E-state index in [2.05, 4.69) is 4.90 Å². The summed E-state index contributed by atoms with van der Waals surface area (Å²) in [5.41, 5.74) is 1.50. The topological polar surface area (TPSA) is 81.2 Å². The smallest absolute Gasteiger partial charge is 0.337 e. The largest absolute Gasteiger partial charge is 0.495 e. The van der Waals surface area contributed by atoms with Gasteiger partial charge in [-0.05, 0) is 63.5 Å². The second kappa shape index (κ2) is 10.4. The molecule has 9 heteroatoms. The highest BCUT2D eigenvalue weighted by molar-refractivity contribution is 7.22. The van der Waals surface area contributed by atoms with Crippen molar-refractivity contribution in [3.63, 3.8) is 0 Å². The quantitative estimate of drug-likeness (QED) is 0.453. The molecule has 0 radical (unpaired) electrons. The first-order chi connectivity index (χ1) is 15.4. The molecule has 32 heavy (non-hydrogen) atoms. The molecule has 0 aliphatic carbocycles. The van der Waals surface area contributed by atoms with Gasteiger partial charge in [-0.25, -0.2) is 9.78 Å². The molecule has 1 amide bonds. The van der Waals surface area contributed by atoms with Gasteiger partial charge in [-0.2, -0.15) is 0 Å². The number of carbonyl (C=O) groups excluding carboxylic acids is 2. The van der Waals surface area contributed by atoms with E-state index in [4.69, 9.17) is 19.2 Å². The van der Waals surface area contributed by atoms with Crippen LogP contribution in [0.3, 0.4) is 0 Å². The second-order valence-corrected chi connectivity index (χ2v) is 8.30. The first-order valence-electron chi connectivity index (χ1n) is 10.1. The summed E-state index contributed by atoms with van der Waals surface area (Å²) in [6.07, 6.45) is 0.767. The van der Waals surface area contributed by atoms with E-state index in [0.717, 1.165) is 17.7 Å². The van der Waals surface area contributed by atoms with Gasteiger partial charge in [-0.1, -0.05) is 11.3 Å². The van der Waals surface area contributed by atoms with Crippen LogP contribution in [0.4, 0.5) is 5.13 Å². The third-order valence-electron chi connectivity index (χ3n) is 4.92. The van der Waals surface area contributed by atoms with Crippen LogP contribution in [-0.4, -0.2) is 70.3 Å². The van der Waals surface area contributed by atoms with E-state index in [0.29, 0.717) is 39.8 Å². The maximum Gasteiger partial charge on any atom is 0.337 e. The van der Waals surface area contributed by atoms with Crippen LogP contribution in [0.2, 0.25) is 0 Å². The highest BCUT2D eigenvalue weighted by Gasteiger charge is 2.24. The lowest BCUT2D eigenvalue weighted by Gasteiger charge is -2.21. The Hall–Kier alpha value is -3.17. The molecule has 0 spiro atoms. The number of nitrogens with zero attached hydrogens (tertiary/aromatic N) is 3. The zero-order valence-electron chi connectivity index (χ0n) is 18.9. The molecule has 0 aliphatic rings. The van der Waals surface area contributed by atoms with Crippen LogP contribution in [0.25, 0.3) is 10.2 Å². The molecule has 170 valence electrons. The number of carbonyl (C=O) groups is 2. The third kappa shape index (κ3) is 5.00. The molecule has 0 unspecified atom stereocenters. The van der Waals surface area contributed by atoms with Crippen LogP contribution in [0.1, 0.15) is 27.1 Å². The van der Waals surface area contributed by atoms with Crippen molar-refractivity contribution in [1.29, 1.82) is 0 Å². The number of hydrogen-bond donors (Lipinski definition) is 0. The Bertz CT molecular complexity index is 1050. The van der Waals surface area contributed by atoms with Crippen molar-refractivity contribution in [2.75, 3.05) is 53.4 Å². The molecule has 0 fully saturated rings. The van der Waals surface area contributed by atoms with Crippen LogP contribution < -0.4 is 14.4 Å². The van der Waals surface area contributed by atoms with Crippen molar-refractivity contribution < 1.29 is 23.8 Å². The minimum absolute atomic E-state index is 0.197. The average Bonchev–Trinajstić information content (AvgIpc) is 3.25. The number of hydrogen-bond acceptors (Lipinski definition) is 8. The molecule has 0 bridgehead atoms. The fourth-order valence-electron chi connectivity index (χ4n) is 3.24. The molecule has 3 rings (SSSR count). The third-order valence-corrected chi connectivity index (χ3v) is 6.01. The Balaban J connectivity index is 2.00. The Kier molecular flexibility index (Phi) is 7.66. The first-order valence-corrected chi connectivity index (χ1v) is 10.9. The number of anilines is 1. The molecule has 0 aliphatic heterocycles. The molecular weight excluding hydrogens is 430 g/mol. The van der Waals surface area contributed by atoms with Crippen molar-refractivity contribution in [3.05, 3.63) is 47.5 Å². The van der Waals surface area contributed by atoms with Gasteiger partial charge in [0.25, 0.3) is 5.91 Å². The summed E-state index contributed by atoms with van der Waals surface area (Å²) in [6, 6.07) is 10.0. The molecule has 0 saturated carbocycles. The van der Waals surface area contributed by atoms with Gasteiger partial charge in [-0.15, -0.1) is 0 Å². The van der Waals surface area contributed by atoms with Crippen LogP contribution in [0, 0.1) is 0 Å². The zero-order valence-corrected chi connectivity index (χ0v) is 19.7. The average molecular weight is 458 g/mol. The molecule has 8 nitrogen and oxygen atoms in total. The van der Waals surface area contributed by atoms with Gasteiger partial charge in [0, 0.05) is 12.1 Å². The van der Waals surface area contributed by atoms with E-state index >= 15 is 0 Å². The summed E-state index contributed by atoms with van der Waals surface area (Å²) in [4.78, 5) is 33.6. The zero-order chi connectivity index (χ0) is 23.3. The maximum atomic E-state index is 13.5. The van der Waals surface area contributed by atoms with Crippen molar-refractivity contribution >= 4 is 38.6 Å². The molecular formula is C23H27N3O5S. The highest BCUT2D eigenvalue weighted by atomic mass is 32.1. The summed E-state index contributed by atoms with van der Waals surface area (Å²) in [5, 5.41) is 0.559. The summed E-state index contributed by atoms with van der Waals surface area (Å²) >= 11 is 1.38. The number of benzene rings is 2. The second-order valence-electron chi connectivity index (χ2n) is 7.33. The molecule has 0 atom stereocenters. The van der Waals surface area contributed by atoms with Gasteiger partial charge < -0.3 is 19.1 Å². The molecule has 2 aromatic carbocycles. The van der Waals surface area contributed by atoms with E-state index in [9.17, 15) is 9.59 Å². The Morgan fingerprint density at radius 2 is 1.53 bits per heavy atom. The van der Waals surface area contributed by atoms with Gasteiger partial charge in [0.1, 0.15) is 21.7 Å². The number of amides is 1. The lowest BCUT2D eigenvalue weighted by Crippen LogP contribution is -2.33. The van der Waals surface area contributed by atoms with Crippen LogP contribution in [0.15, 0.2) is 36.4 Å². The van der Waals surface area contributed by atoms with Gasteiger partial charge in [0.2, 0.25) is 0 Å². The van der Waals surface area contributed by atoms with E-state index in [1.165, 1.54) is 18.4 Å². The number of fused-ring (bicyclic) bond motifs is 1. The van der Waals surface area contributed by atoms with Crippen LogP contribution in [0.5, 0.6) is 11.5 Å². The van der Waals surface area contributed by atoms with Crippen LogP contribution >= 0.6 is 11.3 Å². The summed E-state index contributed by atoms with van der Waals surface area (Å²) in [7, 11) is 8.49. The molecule has 0 saturated heterocycles. The fraction of sp³-hybridized carbons (Fsp3) is 0.348. The maximum absolute atomic E-state index is 13.5.